The van der Waals surface area contributed by atoms with Crippen LogP contribution in [0.5, 0.6) is 0 Å². The molecule has 0 aromatic heterocycles. The second kappa shape index (κ2) is 9.62. The summed E-state index contributed by atoms with van der Waals surface area (Å²) in [5.74, 6) is 0.844. The van der Waals surface area contributed by atoms with Gasteiger partial charge in [0.15, 0.2) is 5.96 Å². The minimum atomic E-state index is -0.557. The molecule has 5 nitrogen and oxygen atoms in total. The van der Waals surface area contributed by atoms with Crippen molar-refractivity contribution in [1.29, 1.82) is 0 Å². The normalized spacial score (nSPS) is 20.4. The van der Waals surface area contributed by atoms with Gasteiger partial charge in [-0.3, -0.25) is 4.99 Å². The zero-order chi connectivity index (χ0) is 16.8. The average Bonchev–Trinajstić information content (AvgIpc) is 2.60. The summed E-state index contributed by atoms with van der Waals surface area (Å²) < 4.78 is 0. The Morgan fingerprint density at radius 2 is 1.92 bits per heavy atom. The number of halogens is 1. The molecule has 6 heteroatoms. The Morgan fingerprint density at radius 3 is 2.48 bits per heavy atom. The summed E-state index contributed by atoms with van der Waals surface area (Å²) in [4.78, 5) is 7.05. The monoisotopic (exact) mass is 458 g/mol. The van der Waals surface area contributed by atoms with Crippen LogP contribution in [0.1, 0.15) is 39.0 Å². The van der Waals surface area contributed by atoms with Gasteiger partial charge in [-0.2, -0.15) is 0 Å². The van der Waals surface area contributed by atoms with E-state index in [-0.39, 0.29) is 24.0 Å². The van der Waals surface area contributed by atoms with Gasteiger partial charge in [-0.1, -0.05) is 18.2 Å². The maximum Gasteiger partial charge on any atom is 0.191 e. The molecule has 3 rings (SSSR count). The first-order chi connectivity index (χ1) is 11.7. The Hall–Kier alpha value is -1.02. The minimum Gasteiger partial charge on any atom is -0.388 e. The number of nitrogens with zero attached hydrogens (tertiary/aromatic N) is 2. The number of piperidine rings is 1. The molecule has 0 unspecified atom stereocenters. The minimum absolute atomic E-state index is 0. The zero-order valence-corrected chi connectivity index (χ0v) is 17.4. The van der Waals surface area contributed by atoms with E-state index >= 15 is 0 Å². The Balaban J connectivity index is 0.00000225. The van der Waals surface area contributed by atoms with E-state index in [2.05, 4.69) is 57.8 Å². The Bertz CT molecular complexity index is 540. The van der Waals surface area contributed by atoms with Crippen molar-refractivity contribution < 1.29 is 5.11 Å². The van der Waals surface area contributed by atoms with E-state index in [1.807, 2.05) is 0 Å². The first kappa shape index (κ1) is 20.3. The number of hydrogen-bond acceptors (Lipinski definition) is 3. The highest BCUT2D eigenvalue weighted by Crippen LogP contribution is 2.31. The third-order valence-electron chi connectivity index (χ3n) is 5.12. The molecule has 1 saturated carbocycles. The van der Waals surface area contributed by atoms with Crippen LogP contribution < -0.4 is 15.5 Å². The predicted octanol–water partition coefficient (Wildman–Crippen LogP) is 2.74. The van der Waals surface area contributed by atoms with Gasteiger partial charge in [0.05, 0.1) is 12.1 Å². The molecule has 0 atom stereocenters. The fourth-order valence-electron chi connectivity index (χ4n) is 3.40. The SMILES string of the molecule is CCNC(=NCC1(O)CCC1)NC1CCN(c2ccccc2)CC1.I. The molecule has 1 aromatic carbocycles. The number of guanidine groups is 1. The summed E-state index contributed by atoms with van der Waals surface area (Å²) in [5, 5.41) is 17.1. The second-order valence-corrected chi connectivity index (χ2v) is 7.01. The smallest absolute Gasteiger partial charge is 0.191 e. The van der Waals surface area contributed by atoms with E-state index in [1.165, 1.54) is 5.69 Å². The number of rotatable bonds is 5. The number of aliphatic imine (C=N–C) groups is 1. The molecular weight excluding hydrogens is 427 g/mol. The fraction of sp³-hybridized carbons (Fsp3) is 0.632. The van der Waals surface area contributed by atoms with E-state index in [1.54, 1.807) is 0 Å². The van der Waals surface area contributed by atoms with Crippen molar-refractivity contribution in [3.63, 3.8) is 0 Å². The van der Waals surface area contributed by atoms with E-state index in [4.69, 9.17) is 0 Å². The van der Waals surface area contributed by atoms with Crippen LogP contribution in [0.3, 0.4) is 0 Å². The summed E-state index contributed by atoms with van der Waals surface area (Å²) in [6, 6.07) is 11.1. The largest absolute Gasteiger partial charge is 0.388 e. The topological polar surface area (TPSA) is 59.9 Å². The maximum absolute atomic E-state index is 10.2. The molecule has 1 saturated heterocycles. The number of hydrogen-bond donors (Lipinski definition) is 3. The molecule has 3 N–H and O–H groups in total. The van der Waals surface area contributed by atoms with Crippen LogP contribution in [0.15, 0.2) is 35.3 Å². The van der Waals surface area contributed by atoms with E-state index in [0.29, 0.717) is 12.6 Å². The summed E-state index contributed by atoms with van der Waals surface area (Å²) in [5.41, 5.74) is 0.752. The van der Waals surface area contributed by atoms with Crippen LogP contribution >= 0.6 is 24.0 Å². The maximum atomic E-state index is 10.2. The fourth-order valence-corrected chi connectivity index (χ4v) is 3.40. The lowest BCUT2D eigenvalue weighted by atomic mass is 9.80. The van der Waals surface area contributed by atoms with E-state index in [0.717, 1.165) is 57.7 Å². The Kier molecular flexibility index (Phi) is 7.81. The summed E-state index contributed by atoms with van der Waals surface area (Å²) >= 11 is 0. The van der Waals surface area contributed by atoms with Gasteiger partial charge in [0, 0.05) is 31.4 Å². The van der Waals surface area contributed by atoms with Gasteiger partial charge in [0.2, 0.25) is 0 Å². The summed E-state index contributed by atoms with van der Waals surface area (Å²) in [6.07, 6.45) is 5.08. The van der Waals surface area contributed by atoms with Crippen LogP contribution in [-0.2, 0) is 0 Å². The van der Waals surface area contributed by atoms with Gasteiger partial charge >= 0.3 is 0 Å². The number of para-hydroxylation sites is 1. The van der Waals surface area contributed by atoms with Crippen LogP contribution in [0.4, 0.5) is 5.69 Å². The molecular formula is C19H31IN4O. The second-order valence-electron chi connectivity index (χ2n) is 7.01. The Morgan fingerprint density at radius 1 is 1.24 bits per heavy atom. The molecule has 1 aliphatic heterocycles. The van der Waals surface area contributed by atoms with Gasteiger partial charge in [0.1, 0.15) is 0 Å². The van der Waals surface area contributed by atoms with Crippen molar-refractivity contribution in [2.75, 3.05) is 31.1 Å². The van der Waals surface area contributed by atoms with Crippen LogP contribution in [-0.4, -0.2) is 48.9 Å². The lowest BCUT2D eigenvalue weighted by molar-refractivity contribution is -0.0236. The van der Waals surface area contributed by atoms with Gasteiger partial charge in [-0.25, -0.2) is 0 Å². The molecule has 140 valence electrons. The van der Waals surface area contributed by atoms with Crippen molar-refractivity contribution in [2.45, 2.75) is 50.7 Å². The third-order valence-corrected chi connectivity index (χ3v) is 5.12. The average molecular weight is 458 g/mol. The first-order valence-electron chi connectivity index (χ1n) is 9.26. The molecule has 0 radical (unpaired) electrons. The number of nitrogens with one attached hydrogen (secondary N) is 2. The summed E-state index contributed by atoms with van der Waals surface area (Å²) in [7, 11) is 0. The predicted molar refractivity (Wildman–Crippen MR) is 115 cm³/mol. The highest BCUT2D eigenvalue weighted by atomic mass is 127. The van der Waals surface area contributed by atoms with Crippen molar-refractivity contribution in [3.05, 3.63) is 30.3 Å². The molecule has 0 bridgehead atoms. The van der Waals surface area contributed by atoms with Crippen molar-refractivity contribution in [1.82, 2.24) is 10.6 Å². The van der Waals surface area contributed by atoms with Gasteiger partial charge in [-0.05, 0) is 51.2 Å². The number of aliphatic hydroxyl groups is 1. The standard InChI is InChI=1S/C19H30N4O.HI/c1-2-20-18(21-15-19(24)11-6-12-19)22-16-9-13-23(14-10-16)17-7-4-3-5-8-17;/h3-5,7-8,16,24H,2,6,9-15H2,1H3,(H2,20,21,22);1H. The third kappa shape index (κ3) is 5.74. The summed E-state index contributed by atoms with van der Waals surface area (Å²) in [6.45, 7) is 5.54. The number of benzene rings is 1. The molecule has 0 spiro atoms. The number of anilines is 1. The zero-order valence-electron chi connectivity index (χ0n) is 15.1. The first-order valence-corrected chi connectivity index (χ1v) is 9.26. The van der Waals surface area contributed by atoms with Crippen LogP contribution in [0.2, 0.25) is 0 Å². The van der Waals surface area contributed by atoms with E-state index < -0.39 is 5.60 Å². The van der Waals surface area contributed by atoms with Gasteiger partial charge < -0.3 is 20.6 Å². The molecule has 25 heavy (non-hydrogen) atoms. The quantitative estimate of drug-likeness (QED) is 0.361. The molecule has 2 fully saturated rings. The molecule has 1 heterocycles. The highest BCUT2D eigenvalue weighted by Gasteiger charge is 2.34. The van der Waals surface area contributed by atoms with Crippen molar-refractivity contribution in [2.24, 2.45) is 4.99 Å². The molecule has 1 aliphatic carbocycles. The van der Waals surface area contributed by atoms with Gasteiger partial charge in [-0.15, -0.1) is 24.0 Å². The molecule has 2 aliphatic rings. The van der Waals surface area contributed by atoms with Crippen molar-refractivity contribution in [3.8, 4) is 0 Å². The van der Waals surface area contributed by atoms with Crippen molar-refractivity contribution >= 4 is 35.6 Å². The highest BCUT2D eigenvalue weighted by molar-refractivity contribution is 14.0. The van der Waals surface area contributed by atoms with E-state index in [9.17, 15) is 5.11 Å². The van der Waals surface area contributed by atoms with Crippen LogP contribution in [0, 0.1) is 0 Å². The lowest BCUT2D eigenvalue weighted by Crippen LogP contribution is -2.49. The van der Waals surface area contributed by atoms with Gasteiger partial charge in [0.25, 0.3) is 0 Å². The lowest BCUT2D eigenvalue weighted by Gasteiger charge is -2.36. The molecule has 1 aromatic rings. The molecule has 0 amide bonds. The Labute approximate surface area is 168 Å². The van der Waals surface area contributed by atoms with Crippen LogP contribution in [0.25, 0.3) is 0 Å².